The predicted octanol–water partition coefficient (Wildman–Crippen LogP) is 9.81. The number of carbonyl (C=O) groups excluding carboxylic acids is 2. The van der Waals surface area contributed by atoms with Crippen LogP contribution < -0.4 is 9.47 Å². The molecule has 2 aromatic rings. The summed E-state index contributed by atoms with van der Waals surface area (Å²) in [5, 5.41) is 1.75. The van der Waals surface area contributed by atoms with E-state index in [0.717, 1.165) is 73.3 Å². The van der Waals surface area contributed by atoms with E-state index in [9.17, 15) is 9.59 Å². The molecule has 38 heavy (non-hydrogen) atoms. The average Bonchev–Trinajstić information content (AvgIpc) is 2.93. The number of carbonyl (C=O) groups is 2. The van der Waals surface area contributed by atoms with Crippen LogP contribution >= 0.6 is 0 Å². The zero-order valence-electron chi connectivity index (χ0n) is 24.1. The van der Waals surface area contributed by atoms with Crippen molar-refractivity contribution in [3.8, 4) is 11.5 Å². The van der Waals surface area contributed by atoms with Crippen molar-refractivity contribution in [2.75, 3.05) is 0 Å². The summed E-state index contributed by atoms with van der Waals surface area (Å²) in [5.41, 5.74) is 2.11. The Kier molecular flexibility index (Phi) is 13.7. The molecule has 1 aliphatic carbocycles. The normalized spacial score (nSPS) is 12.9. The van der Waals surface area contributed by atoms with Crippen LogP contribution in [0, 0.1) is 0 Å². The highest BCUT2D eigenvalue weighted by Crippen LogP contribution is 2.44. The van der Waals surface area contributed by atoms with Gasteiger partial charge in [0.05, 0.1) is 0 Å². The number of fused-ring (bicyclic) bond motifs is 2. The third-order valence-electron chi connectivity index (χ3n) is 7.83. The molecule has 0 saturated carbocycles. The van der Waals surface area contributed by atoms with Gasteiger partial charge in [-0.3, -0.25) is 9.59 Å². The van der Waals surface area contributed by atoms with Gasteiger partial charge in [-0.25, -0.2) is 0 Å². The van der Waals surface area contributed by atoms with E-state index >= 15 is 0 Å². The van der Waals surface area contributed by atoms with Crippen LogP contribution in [0.15, 0.2) is 24.3 Å². The number of hydrogen-bond acceptors (Lipinski definition) is 4. The summed E-state index contributed by atoms with van der Waals surface area (Å²) >= 11 is 0. The Bertz CT molecular complexity index is 929. The Morgan fingerprint density at radius 2 is 0.947 bits per heavy atom. The van der Waals surface area contributed by atoms with E-state index in [4.69, 9.17) is 9.47 Å². The fraction of sp³-hybridized carbons (Fsp3) is 0.647. The summed E-state index contributed by atoms with van der Waals surface area (Å²) < 4.78 is 12.1. The molecule has 0 aromatic heterocycles. The van der Waals surface area contributed by atoms with Crippen molar-refractivity contribution in [2.45, 2.75) is 142 Å². The monoisotopic (exact) mass is 522 g/mol. The molecule has 0 saturated heterocycles. The van der Waals surface area contributed by atoms with E-state index in [-0.39, 0.29) is 11.9 Å². The van der Waals surface area contributed by atoms with E-state index in [2.05, 4.69) is 13.8 Å². The second-order valence-electron chi connectivity index (χ2n) is 11.1. The SMILES string of the molecule is CCCCCCCCCC(=O)Oc1c2c(c(OC(=O)CCCCCCCCC)c3ccccc13)CCCC2. The van der Waals surface area contributed by atoms with Gasteiger partial charge in [-0.15, -0.1) is 0 Å². The van der Waals surface area contributed by atoms with Crippen molar-refractivity contribution in [1.82, 2.24) is 0 Å². The number of esters is 2. The molecule has 0 fully saturated rings. The molecule has 0 heterocycles. The Morgan fingerprint density at radius 3 is 1.34 bits per heavy atom. The van der Waals surface area contributed by atoms with Gasteiger partial charge in [0.2, 0.25) is 0 Å². The second-order valence-corrected chi connectivity index (χ2v) is 11.1. The first-order valence-electron chi connectivity index (χ1n) is 15.6. The Hall–Kier alpha value is -2.36. The first-order valence-corrected chi connectivity index (χ1v) is 15.6. The number of unbranched alkanes of at least 4 members (excludes halogenated alkanes) is 12. The van der Waals surface area contributed by atoms with Crippen LogP contribution in [0.5, 0.6) is 11.5 Å². The lowest BCUT2D eigenvalue weighted by atomic mass is 9.87. The topological polar surface area (TPSA) is 52.6 Å². The third kappa shape index (κ3) is 9.43. The molecule has 1 aliphatic rings. The molecule has 0 unspecified atom stereocenters. The molecule has 4 nitrogen and oxygen atoms in total. The number of benzene rings is 2. The number of hydrogen-bond donors (Lipinski definition) is 0. The van der Waals surface area contributed by atoms with E-state index in [1.807, 2.05) is 24.3 Å². The molecule has 0 aliphatic heterocycles. The van der Waals surface area contributed by atoms with Crippen molar-refractivity contribution in [3.05, 3.63) is 35.4 Å². The minimum absolute atomic E-state index is 0.153. The van der Waals surface area contributed by atoms with Gasteiger partial charge in [-0.1, -0.05) is 115 Å². The van der Waals surface area contributed by atoms with Crippen molar-refractivity contribution < 1.29 is 19.1 Å². The smallest absolute Gasteiger partial charge is 0.311 e. The highest BCUT2D eigenvalue weighted by molar-refractivity contribution is 5.98. The minimum Gasteiger partial charge on any atom is -0.426 e. The molecular formula is C34H50O4. The fourth-order valence-electron chi connectivity index (χ4n) is 5.63. The number of rotatable bonds is 18. The molecule has 0 spiro atoms. The molecule has 0 atom stereocenters. The first-order chi connectivity index (χ1) is 18.7. The zero-order chi connectivity index (χ0) is 27.0. The lowest BCUT2D eigenvalue weighted by Gasteiger charge is -2.24. The molecule has 210 valence electrons. The van der Waals surface area contributed by atoms with Gasteiger partial charge in [-0.2, -0.15) is 0 Å². The zero-order valence-corrected chi connectivity index (χ0v) is 24.1. The molecule has 3 rings (SSSR count). The van der Waals surface area contributed by atoms with Crippen LogP contribution in [0.4, 0.5) is 0 Å². The van der Waals surface area contributed by atoms with Crippen LogP contribution in [0.25, 0.3) is 10.8 Å². The van der Waals surface area contributed by atoms with E-state index in [1.165, 1.54) is 64.2 Å². The van der Waals surface area contributed by atoms with Crippen LogP contribution in [-0.4, -0.2) is 11.9 Å². The molecular weight excluding hydrogens is 472 g/mol. The maximum atomic E-state index is 12.9. The summed E-state index contributed by atoms with van der Waals surface area (Å²) in [6, 6.07) is 7.92. The van der Waals surface area contributed by atoms with Gasteiger partial charge in [0.15, 0.2) is 0 Å². The molecule has 0 amide bonds. The summed E-state index contributed by atoms with van der Waals surface area (Å²) in [6.45, 7) is 4.46. The second kappa shape index (κ2) is 17.3. The van der Waals surface area contributed by atoms with Crippen molar-refractivity contribution in [3.63, 3.8) is 0 Å². The van der Waals surface area contributed by atoms with E-state index < -0.39 is 0 Å². The Morgan fingerprint density at radius 1 is 0.579 bits per heavy atom. The van der Waals surface area contributed by atoms with Crippen LogP contribution in [0.3, 0.4) is 0 Å². The fourth-order valence-corrected chi connectivity index (χ4v) is 5.63. The number of ether oxygens (including phenoxy) is 2. The third-order valence-corrected chi connectivity index (χ3v) is 7.83. The molecule has 2 aromatic carbocycles. The van der Waals surface area contributed by atoms with Gasteiger partial charge in [0.1, 0.15) is 11.5 Å². The maximum absolute atomic E-state index is 12.9. The van der Waals surface area contributed by atoms with Crippen molar-refractivity contribution in [1.29, 1.82) is 0 Å². The van der Waals surface area contributed by atoms with Crippen molar-refractivity contribution >= 4 is 22.7 Å². The quantitative estimate of drug-likeness (QED) is 0.111. The van der Waals surface area contributed by atoms with Gasteiger partial charge in [-0.05, 0) is 38.5 Å². The van der Waals surface area contributed by atoms with E-state index in [0.29, 0.717) is 24.3 Å². The average molecular weight is 523 g/mol. The largest absolute Gasteiger partial charge is 0.426 e. The van der Waals surface area contributed by atoms with Crippen LogP contribution in [0.1, 0.15) is 141 Å². The molecule has 0 radical (unpaired) electrons. The van der Waals surface area contributed by atoms with Crippen molar-refractivity contribution in [2.24, 2.45) is 0 Å². The minimum atomic E-state index is -0.153. The summed E-state index contributed by atoms with van der Waals surface area (Å²) in [4.78, 5) is 25.7. The Labute approximate surface area is 230 Å². The Balaban J connectivity index is 1.66. The highest BCUT2D eigenvalue weighted by atomic mass is 16.5. The lowest BCUT2D eigenvalue weighted by molar-refractivity contribution is -0.135. The molecule has 0 N–H and O–H groups in total. The van der Waals surface area contributed by atoms with Gasteiger partial charge < -0.3 is 9.47 Å². The highest BCUT2D eigenvalue weighted by Gasteiger charge is 2.26. The van der Waals surface area contributed by atoms with Gasteiger partial charge >= 0.3 is 11.9 Å². The first kappa shape index (κ1) is 30.2. The summed E-state index contributed by atoms with van der Waals surface area (Å²) in [6.07, 6.45) is 21.1. The van der Waals surface area contributed by atoms with Gasteiger partial charge in [0, 0.05) is 34.7 Å². The molecule has 4 heteroatoms. The summed E-state index contributed by atoms with van der Waals surface area (Å²) in [5.74, 6) is 1.07. The standard InChI is InChI=1S/C34H50O4/c1-3-5-7-9-11-13-15-25-31(35)37-33-27-21-17-19-23-29(27)34(30-24-20-18-22-28(30)33)38-32(36)26-16-14-12-10-8-6-4-2/h17,19,21,23H,3-16,18,20,22,24-26H2,1-2H3. The molecule has 0 bridgehead atoms. The van der Waals surface area contributed by atoms with Crippen LogP contribution in [0.2, 0.25) is 0 Å². The lowest BCUT2D eigenvalue weighted by Crippen LogP contribution is -2.16. The predicted molar refractivity (Wildman–Crippen MR) is 157 cm³/mol. The van der Waals surface area contributed by atoms with Crippen LogP contribution in [-0.2, 0) is 22.4 Å². The summed E-state index contributed by atoms with van der Waals surface area (Å²) in [7, 11) is 0. The maximum Gasteiger partial charge on any atom is 0.311 e. The van der Waals surface area contributed by atoms with Gasteiger partial charge in [0.25, 0.3) is 0 Å². The van der Waals surface area contributed by atoms with E-state index in [1.54, 1.807) is 0 Å².